The first-order valence-corrected chi connectivity index (χ1v) is 5.36. The summed E-state index contributed by atoms with van der Waals surface area (Å²) in [4.78, 5) is 11.6. The van der Waals surface area contributed by atoms with E-state index in [4.69, 9.17) is 17.3 Å². The molecule has 1 aromatic rings. The highest BCUT2D eigenvalue weighted by molar-refractivity contribution is 6.31. The van der Waals surface area contributed by atoms with Crippen LogP contribution in [0.3, 0.4) is 0 Å². The highest BCUT2D eigenvalue weighted by atomic mass is 35.5. The quantitative estimate of drug-likeness (QED) is 0.897. The largest absolute Gasteiger partial charge is 0.346 e. The van der Waals surface area contributed by atoms with Gasteiger partial charge in [-0.15, -0.1) is 12.4 Å². The van der Waals surface area contributed by atoms with Gasteiger partial charge in [0.15, 0.2) is 0 Å². The molecule has 3 nitrogen and oxygen atoms in total. The first kappa shape index (κ1) is 17.1. The van der Waals surface area contributed by atoms with Crippen LogP contribution in [0.25, 0.3) is 0 Å². The summed E-state index contributed by atoms with van der Waals surface area (Å²) < 4.78 is 25.7. The van der Waals surface area contributed by atoms with E-state index in [1.807, 2.05) is 0 Å². The van der Waals surface area contributed by atoms with Gasteiger partial charge in [0.25, 0.3) is 11.8 Å². The Morgan fingerprint density at radius 3 is 2.67 bits per heavy atom. The molecule has 0 heterocycles. The highest BCUT2D eigenvalue weighted by Gasteiger charge is 2.27. The number of carbonyl (C=O) groups is 1. The predicted octanol–water partition coefficient (Wildman–Crippen LogP) is 2.39. The minimum atomic E-state index is -3.10. The van der Waals surface area contributed by atoms with Gasteiger partial charge in [-0.1, -0.05) is 17.7 Å². The van der Waals surface area contributed by atoms with Gasteiger partial charge in [0.1, 0.15) is 0 Å². The average Bonchev–Trinajstić information content (AvgIpc) is 2.30. The van der Waals surface area contributed by atoms with Gasteiger partial charge in [-0.25, -0.2) is 8.78 Å². The molecule has 0 unspecified atom stereocenters. The summed E-state index contributed by atoms with van der Waals surface area (Å²) in [5.41, 5.74) is 5.70. The van der Waals surface area contributed by atoms with Crippen molar-refractivity contribution in [1.82, 2.24) is 5.32 Å². The summed E-state index contributed by atoms with van der Waals surface area (Å²) in [6.07, 6.45) is 0. The van der Waals surface area contributed by atoms with Gasteiger partial charge in [-0.05, 0) is 24.6 Å². The van der Waals surface area contributed by atoms with E-state index in [1.165, 1.54) is 6.07 Å². The fourth-order valence-electron chi connectivity index (χ4n) is 1.23. The molecular weight excluding hydrogens is 285 g/mol. The Kier molecular flexibility index (Phi) is 6.52. The van der Waals surface area contributed by atoms with Crippen molar-refractivity contribution in [2.45, 2.75) is 12.8 Å². The normalized spacial score (nSPS) is 10.7. The van der Waals surface area contributed by atoms with Crippen LogP contribution in [-0.2, 0) is 0 Å². The molecule has 18 heavy (non-hydrogen) atoms. The van der Waals surface area contributed by atoms with E-state index in [2.05, 4.69) is 5.32 Å². The lowest BCUT2D eigenvalue weighted by Gasteiger charge is -2.15. The van der Waals surface area contributed by atoms with E-state index in [-0.39, 0.29) is 18.0 Å². The van der Waals surface area contributed by atoms with Gasteiger partial charge in [-0.3, -0.25) is 4.79 Å². The smallest absolute Gasteiger partial charge is 0.277 e. The van der Waals surface area contributed by atoms with Gasteiger partial charge in [0, 0.05) is 10.6 Å². The Labute approximate surface area is 115 Å². The standard InChI is InChI=1S/C11H13ClF2N2O.ClH/c1-7-8(3-2-4-9(7)12)10(17)16-6-11(13,14)5-15;/h2-4H,5-6,15H2,1H3,(H,16,17);1H. The minimum absolute atomic E-state index is 0. The van der Waals surface area contributed by atoms with Crippen LogP contribution in [0.2, 0.25) is 5.02 Å². The summed E-state index contributed by atoms with van der Waals surface area (Å²) in [7, 11) is 0. The van der Waals surface area contributed by atoms with Crippen LogP contribution in [0.1, 0.15) is 15.9 Å². The molecule has 0 atom stereocenters. The lowest BCUT2D eigenvalue weighted by atomic mass is 10.1. The van der Waals surface area contributed by atoms with Crippen molar-refractivity contribution >= 4 is 29.9 Å². The van der Waals surface area contributed by atoms with E-state index in [0.29, 0.717) is 10.6 Å². The first-order chi connectivity index (χ1) is 7.87. The zero-order valence-electron chi connectivity index (χ0n) is 9.67. The van der Waals surface area contributed by atoms with E-state index >= 15 is 0 Å². The third-order valence-corrected chi connectivity index (χ3v) is 2.73. The Morgan fingerprint density at radius 2 is 2.11 bits per heavy atom. The Hall–Kier alpha value is -0.910. The van der Waals surface area contributed by atoms with Crippen LogP contribution in [0.15, 0.2) is 18.2 Å². The molecule has 1 amide bonds. The molecule has 0 aromatic heterocycles. The van der Waals surface area contributed by atoms with E-state index in [9.17, 15) is 13.6 Å². The average molecular weight is 299 g/mol. The van der Waals surface area contributed by atoms with E-state index in [1.54, 1.807) is 19.1 Å². The molecule has 0 saturated heterocycles. The van der Waals surface area contributed by atoms with E-state index in [0.717, 1.165) is 0 Å². The number of hydrogen-bond acceptors (Lipinski definition) is 2. The third kappa shape index (κ3) is 4.40. The second kappa shape index (κ2) is 6.87. The topological polar surface area (TPSA) is 55.1 Å². The van der Waals surface area contributed by atoms with Gasteiger partial charge in [-0.2, -0.15) is 0 Å². The number of nitrogens with two attached hydrogens (primary N) is 1. The molecule has 0 spiro atoms. The molecule has 102 valence electrons. The predicted molar refractivity (Wildman–Crippen MR) is 69.8 cm³/mol. The monoisotopic (exact) mass is 298 g/mol. The Morgan fingerprint density at radius 1 is 1.50 bits per heavy atom. The van der Waals surface area contributed by atoms with Crippen molar-refractivity contribution in [2.24, 2.45) is 5.73 Å². The summed E-state index contributed by atoms with van der Waals surface area (Å²) in [5, 5.41) is 2.55. The Balaban J connectivity index is 0.00000289. The molecule has 0 bridgehead atoms. The van der Waals surface area contributed by atoms with Crippen LogP contribution in [0.4, 0.5) is 8.78 Å². The second-order valence-corrected chi connectivity index (χ2v) is 4.06. The molecular formula is C11H14Cl2F2N2O. The summed E-state index contributed by atoms with van der Waals surface area (Å²) in [6.45, 7) is 0.0639. The van der Waals surface area contributed by atoms with Gasteiger partial charge >= 0.3 is 0 Å². The molecule has 7 heteroatoms. The number of carbonyl (C=O) groups excluding carboxylic acids is 1. The minimum Gasteiger partial charge on any atom is -0.346 e. The van der Waals surface area contributed by atoms with Crippen LogP contribution in [-0.4, -0.2) is 24.9 Å². The van der Waals surface area contributed by atoms with Crippen LogP contribution >= 0.6 is 24.0 Å². The van der Waals surface area contributed by atoms with Crippen molar-refractivity contribution in [3.8, 4) is 0 Å². The van der Waals surface area contributed by atoms with Crippen molar-refractivity contribution < 1.29 is 13.6 Å². The van der Waals surface area contributed by atoms with Gasteiger partial charge in [0.05, 0.1) is 13.1 Å². The lowest BCUT2D eigenvalue weighted by molar-refractivity contribution is 0.0118. The maximum absolute atomic E-state index is 12.8. The van der Waals surface area contributed by atoms with Crippen molar-refractivity contribution in [3.63, 3.8) is 0 Å². The third-order valence-electron chi connectivity index (χ3n) is 2.32. The van der Waals surface area contributed by atoms with Crippen LogP contribution in [0.5, 0.6) is 0 Å². The first-order valence-electron chi connectivity index (χ1n) is 4.98. The van der Waals surface area contributed by atoms with Crippen LogP contribution in [0, 0.1) is 6.92 Å². The number of alkyl halides is 2. The molecule has 0 fully saturated rings. The molecule has 0 radical (unpaired) electrons. The van der Waals surface area contributed by atoms with Crippen molar-refractivity contribution in [3.05, 3.63) is 34.3 Å². The fraction of sp³-hybridized carbons (Fsp3) is 0.364. The maximum atomic E-state index is 12.8. The number of halogens is 4. The maximum Gasteiger partial charge on any atom is 0.277 e. The molecule has 0 aliphatic rings. The van der Waals surface area contributed by atoms with Gasteiger partial charge < -0.3 is 11.1 Å². The molecule has 1 aromatic carbocycles. The summed E-state index contributed by atoms with van der Waals surface area (Å²) >= 11 is 5.83. The number of rotatable bonds is 4. The summed E-state index contributed by atoms with van der Waals surface area (Å²) in [6, 6.07) is 4.74. The Bertz CT molecular complexity index is 428. The van der Waals surface area contributed by atoms with Crippen molar-refractivity contribution in [2.75, 3.05) is 13.1 Å². The molecule has 0 aliphatic heterocycles. The number of benzene rings is 1. The van der Waals surface area contributed by atoms with Gasteiger partial charge in [0.2, 0.25) is 0 Å². The van der Waals surface area contributed by atoms with Crippen LogP contribution < -0.4 is 11.1 Å². The summed E-state index contributed by atoms with van der Waals surface area (Å²) in [5.74, 6) is -3.68. The molecule has 0 saturated carbocycles. The van der Waals surface area contributed by atoms with E-state index < -0.39 is 24.9 Å². The number of amides is 1. The van der Waals surface area contributed by atoms with Crippen molar-refractivity contribution in [1.29, 1.82) is 0 Å². The number of nitrogens with one attached hydrogen (secondary N) is 1. The highest BCUT2D eigenvalue weighted by Crippen LogP contribution is 2.18. The SMILES string of the molecule is Cc1c(Cl)cccc1C(=O)NCC(F)(F)CN.Cl. The molecule has 0 aliphatic carbocycles. The number of hydrogen-bond donors (Lipinski definition) is 2. The zero-order valence-corrected chi connectivity index (χ0v) is 11.2. The zero-order chi connectivity index (χ0) is 13.1. The fourth-order valence-corrected chi connectivity index (χ4v) is 1.40. The molecule has 3 N–H and O–H groups in total. The second-order valence-electron chi connectivity index (χ2n) is 3.66. The molecule has 1 rings (SSSR count). The lowest BCUT2D eigenvalue weighted by Crippen LogP contribution is -2.41.